The number of nitrogens with zero attached hydrogens (tertiary/aromatic N) is 2. The minimum atomic E-state index is 0.770. The van der Waals surface area contributed by atoms with Gasteiger partial charge in [0.25, 0.3) is 0 Å². The Balaban J connectivity index is 1.93. The maximum atomic E-state index is 3.48. The van der Waals surface area contributed by atoms with E-state index in [9.17, 15) is 0 Å². The van der Waals surface area contributed by atoms with Gasteiger partial charge in [0.05, 0.1) is 0 Å². The van der Waals surface area contributed by atoms with Gasteiger partial charge in [-0.25, -0.2) is 0 Å². The lowest BCUT2D eigenvalue weighted by atomic mass is 10.0. The van der Waals surface area contributed by atoms with Gasteiger partial charge in [0.15, 0.2) is 0 Å². The van der Waals surface area contributed by atoms with Crippen LogP contribution >= 0.6 is 15.9 Å². The van der Waals surface area contributed by atoms with Gasteiger partial charge >= 0.3 is 0 Å². The molecule has 1 heterocycles. The molecule has 0 spiro atoms. The molecular formula is C14H21BrN2. The second-order valence-corrected chi connectivity index (χ2v) is 5.68. The highest BCUT2D eigenvalue weighted by Crippen LogP contribution is 2.23. The molecule has 3 heteroatoms. The Morgan fingerprint density at radius 3 is 2.35 bits per heavy atom. The molecule has 0 bridgehead atoms. The van der Waals surface area contributed by atoms with Gasteiger partial charge < -0.3 is 9.80 Å². The van der Waals surface area contributed by atoms with Crippen molar-refractivity contribution in [3.05, 3.63) is 28.7 Å². The Labute approximate surface area is 113 Å². The average Bonchev–Trinajstić information content (AvgIpc) is 2.39. The molecule has 0 saturated carbocycles. The summed E-state index contributed by atoms with van der Waals surface area (Å²) < 4.78 is 1.15. The molecule has 0 N–H and O–H groups in total. The van der Waals surface area contributed by atoms with Crippen molar-refractivity contribution in [3.8, 4) is 0 Å². The summed E-state index contributed by atoms with van der Waals surface area (Å²) in [6, 6.07) is 9.42. The Hall–Kier alpha value is -0.540. The van der Waals surface area contributed by atoms with Crippen LogP contribution in [0.25, 0.3) is 0 Å². The molecule has 0 radical (unpaired) electrons. The first kappa shape index (κ1) is 12.9. The molecule has 1 aromatic carbocycles. The maximum absolute atomic E-state index is 3.48. The number of piperidine rings is 1. The van der Waals surface area contributed by atoms with Crippen LogP contribution in [0.2, 0.25) is 0 Å². The zero-order chi connectivity index (χ0) is 12.3. The summed E-state index contributed by atoms with van der Waals surface area (Å²) in [6.45, 7) is 5.75. The zero-order valence-electron chi connectivity index (χ0n) is 10.7. The molecule has 0 atom stereocenters. The lowest BCUT2D eigenvalue weighted by Crippen LogP contribution is -2.43. The highest BCUT2D eigenvalue weighted by molar-refractivity contribution is 9.10. The molecule has 0 unspecified atom stereocenters. The predicted octanol–water partition coefficient (Wildman–Crippen LogP) is 3.37. The van der Waals surface area contributed by atoms with Gasteiger partial charge in [-0.1, -0.05) is 22.9 Å². The average molecular weight is 297 g/mol. The molecule has 94 valence electrons. The van der Waals surface area contributed by atoms with Crippen LogP contribution in [-0.2, 0) is 0 Å². The third kappa shape index (κ3) is 3.23. The van der Waals surface area contributed by atoms with Gasteiger partial charge in [-0.15, -0.1) is 0 Å². The number of halogens is 1. The van der Waals surface area contributed by atoms with Crippen molar-refractivity contribution in [2.45, 2.75) is 25.8 Å². The molecule has 1 saturated heterocycles. The number of rotatable bonds is 3. The minimum Gasteiger partial charge on any atom is -0.371 e. The molecule has 2 nitrogen and oxygen atoms in total. The van der Waals surface area contributed by atoms with Crippen molar-refractivity contribution in [1.82, 2.24) is 4.90 Å². The summed E-state index contributed by atoms with van der Waals surface area (Å²) in [5.74, 6) is 0. The molecule has 17 heavy (non-hydrogen) atoms. The van der Waals surface area contributed by atoms with Gasteiger partial charge in [-0.2, -0.15) is 0 Å². The summed E-state index contributed by atoms with van der Waals surface area (Å²) >= 11 is 3.48. The van der Waals surface area contributed by atoms with Gasteiger partial charge in [0, 0.05) is 29.3 Å². The molecule has 1 aromatic rings. The first-order valence-electron chi connectivity index (χ1n) is 6.41. The highest BCUT2D eigenvalue weighted by atomic mass is 79.9. The molecule has 2 rings (SSSR count). The zero-order valence-corrected chi connectivity index (χ0v) is 12.3. The summed E-state index contributed by atoms with van der Waals surface area (Å²) in [5, 5.41) is 0. The van der Waals surface area contributed by atoms with E-state index >= 15 is 0 Å². The summed E-state index contributed by atoms with van der Waals surface area (Å²) in [5.41, 5.74) is 1.35. The van der Waals surface area contributed by atoms with Gasteiger partial charge in [-0.3, -0.25) is 0 Å². The van der Waals surface area contributed by atoms with E-state index in [0.717, 1.165) is 17.1 Å². The lowest BCUT2D eigenvalue weighted by Gasteiger charge is -2.37. The van der Waals surface area contributed by atoms with Crippen molar-refractivity contribution in [2.75, 3.05) is 31.6 Å². The first-order valence-corrected chi connectivity index (χ1v) is 7.20. The number of hydrogen-bond acceptors (Lipinski definition) is 2. The van der Waals surface area contributed by atoms with Crippen LogP contribution in [0.15, 0.2) is 28.7 Å². The van der Waals surface area contributed by atoms with Crippen LogP contribution in [0, 0.1) is 0 Å². The van der Waals surface area contributed by atoms with E-state index in [1.807, 2.05) is 0 Å². The van der Waals surface area contributed by atoms with E-state index < -0.39 is 0 Å². The Bertz CT molecular complexity index is 342. The van der Waals surface area contributed by atoms with Crippen molar-refractivity contribution in [3.63, 3.8) is 0 Å². The minimum absolute atomic E-state index is 0.770. The molecule has 1 aliphatic heterocycles. The fourth-order valence-corrected chi connectivity index (χ4v) is 2.74. The molecule has 0 aromatic heterocycles. The Kier molecular flexibility index (Phi) is 4.46. The normalized spacial score (nSPS) is 17.8. The molecular weight excluding hydrogens is 276 g/mol. The van der Waals surface area contributed by atoms with E-state index in [-0.39, 0.29) is 0 Å². The summed E-state index contributed by atoms with van der Waals surface area (Å²) in [4.78, 5) is 4.96. The Morgan fingerprint density at radius 2 is 1.82 bits per heavy atom. The topological polar surface area (TPSA) is 6.48 Å². The summed E-state index contributed by atoms with van der Waals surface area (Å²) in [6.07, 6.45) is 2.56. The van der Waals surface area contributed by atoms with E-state index in [1.54, 1.807) is 0 Å². The SMILES string of the molecule is CCN(C)C1CCN(c2ccc(Br)cc2)CC1. The van der Waals surface area contributed by atoms with Crippen LogP contribution in [0.3, 0.4) is 0 Å². The van der Waals surface area contributed by atoms with E-state index in [0.29, 0.717) is 0 Å². The first-order chi connectivity index (χ1) is 8.20. The number of anilines is 1. The van der Waals surface area contributed by atoms with Crippen molar-refractivity contribution in [1.29, 1.82) is 0 Å². The van der Waals surface area contributed by atoms with Gasteiger partial charge in [-0.05, 0) is 50.7 Å². The highest BCUT2D eigenvalue weighted by Gasteiger charge is 2.21. The van der Waals surface area contributed by atoms with Gasteiger partial charge in [0.2, 0.25) is 0 Å². The Morgan fingerprint density at radius 1 is 1.24 bits per heavy atom. The van der Waals surface area contributed by atoms with Gasteiger partial charge in [0.1, 0.15) is 0 Å². The summed E-state index contributed by atoms with van der Waals surface area (Å²) in [7, 11) is 2.24. The molecule has 1 fully saturated rings. The van der Waals surface area contributed by atoms with E-state index in [2.05, 4.69) is 64.0 Å². The van der Waals surface area contributed by atoms with Crippen LogP contribution < -0.4 is 4.90 Å². The smallest absolute Gasteiger partial charge is 0.0366 e. The lowest BCUT2D eigenvalue weighted by molar-refractivity contribution is 0.218. The van der Waals surface area contributed by atoms with Crippen LogP contribution in [0.5, 0.6) is 0 Å². The monoisotopic (exact) mass is 296 g/mol. The number of hydrogen-bond donors (Lipinski definition) is 0. The third-order valence-electron chi connectivity index (χ3n) is 3.78. The molecule has 0 aliphatic carbocycles. The third-order valence-corrected chi connectivity index (χ3v) is 4.31. The standard InChI is InChI=1S/C14H21BrN2/c1-3-16(2)13-8-10-17(11-9-13)14-6-4-12(15)5-7-14/h4-7,13H,3,8-11H2,1-2H3. The van der Waals surface area contributed by atoms with E-state index in [1.165, 1.54) is 31.6 Å². The van der Waals surface area contributed by atoms with E-state index in [4.69, 9.17) is 0 Å². The van der Waals surface area contributed by atoms with Crippen molar-refractivity contribution < 1.29 is 0 Å². The van der Waals surface area contributed by atoms with Crippen LogP contribution in [0.4, 0.5) is 5.69 Å². The quantitative estimate of drug-likeness (QED) is 0.844. The molecule has 1 aliphatic rings. The second kappa shape index (κ2) is 5.87. The fourth-order valence-electron chi connectivity index (χ4n) is 2.47. The fraction of sp³-hybridized carbons (Fsp3) is 0.571. The largest absolute Gasteiger partial charge is 0.371 e. The van der Waals surface area contributed by atoms with Crippen LogP contribution in [0.1, 0.15) is 19.8 Å². The van der Waals surface area contributed by atoms with Crippen molar-refractivity contribution in [2.24, 2.45) is 0 Å². The second-order valence-electron chi connectivity index (χ2n) is 4.77. The maximum Gasteiger partial charge on any atom is 0.0366 e. The van der Waals surface area contributed by atoms with Crippen molar-refractivity contribution >= 4 is 21.6 Å². The number of benzene rings is 1. The predicted molar refractivity (Wildman–Crippen MR) is 77.7 cm³/mol. The molecule has 0 amide bonds. The van der Waals surface area contributed by atoms with Crippen LogP contribution in [-0.4, -0.2) is 37.6 Å².